The molecule has 44 heavy (non-hydrogen) atoms. The minimum atomic E-state index is -4.61. The Hall–Kier alpha value is -3.11. The summed E-state index contributed by atoms with van der Waals surface area (Å²) in [5.41, 5.74) is 5.90. The summed E-state index contributed by atoms with van der Waals surface area (Å²) < 4.78 is 56.7. The average molecular weight is 657 g/mol. The molecule has 238 valence electrons. The standard InChI is InChI=1S/C28H33ClF4N8O2S/c1-15-3-4-21(34)41(15)13-20-24(16-9-17(28(31,32)33)11-18(29)10-16)37-27(44-20)38-25-23(30)26(36-14-35-25)40-8-5-19(12-40)39(2)7-6-22(42)43/h9-11,14-15,19,21H,3-8,12-13,34H2,1-2H3,(H,42,43)(H,35,36,37,38)/t15-,19+,21+/m1/s1. The van der Waals surface area contributed by atoms with Crippen LogP contribution in [0.4, 0.5) is 34.3 Å². The number of nitrogens with two attached hydrogens (primary N) is 1. The van der Waals surface area contributed by atoms with Gasteiger partial charge in [0.05, 0.1) is 23.8 Å². The van der Waals surface area contributed by atoms with Crippen molar-refractivity contribution in [2.75, 3.05) is 36.9 Å². The minimum absolute atomic E-state index is 0.00996. The fraction of sp³-hybridized carbons (Fsp3) is 0.500. The number of carboxylic acid groups (broad SMARTS) is 1. The van der Waals surface area contributed by atoms with Gasteiger partial charge in [0.25, 0.3) is 0 Å². The number of likely N-dealkylation sites (N-methyl/N-ethyl adjacent to an activating group) is 1. The molecule has 3 atom stereocenters. The molecule has 2 aromatic heterocycles. The maximum absolute atomic E-state index is 15.8. The monoisotopic (exact) mass is 656 g/mol. The van der Waals surface area contributed by atoms with Crippen LogP contribution in [0.1, 0.15) is 43.0 Å². The molecule has 2 aliphatic heterocycles. The Morgan fingerprint density at radius 1 is 1.25 bits per heavy atom. The molecule has 0 bridgehead atoms. The number of hydrogen-bond donors (Lipinski definition) is 3. The van der Waals surface area contributed by atoms with Crippen LogP contribution in [0.2, 0.25) is 5.02 Å². The highest BCUT2D eigenvalue weighted by Crippen LogP contribution is 2.40. The number of alkyl halides is 3. The number of hydrogen-bond acceptors (Lipinski definition) is 10. The molecule has 4 N–H and O–H groups in total. The number of rotatable bonds is 10. The van der Waals surface area contributed by atoms with Gasteiger partial charge in [0.2, 0.25) is 5.82 Å². The first-order valence-corrected chi connectivity index (χ1v) is 15.3. The fourth-order valence-electron chi connectivity index (χ4n) is 5.66. The van der Waals surface area contributed by atoms with Crippen molar-refractivity contribution in [1.29, 1.82) is 0 Å². The maximum Gasteiger partial charge on any atom is 0.416 e. The summed E-state index contributed by atoms with van der Waals surface area (Å²) in [6.45, 7) is 3.73. The predicted molar refractivity (Wildman–Crippen MR) is 161 cm³/mol. The third-order valence-corrected chi connectivity index (χ3v) is 9.33. The number of thiazole rings is 1. The second-order valence-corrected chi connectivity index (χ2v) is 12.7. The lowest BCUT2D eigenvalue weighted by Gasteiger charge is -2.25. The van der Waals surface area contributed by atoms with Crippen LogP contribution in [0.5, 0.6) is 0 Å². The molecule has 2 fully saturated rings. The van der Waals surface area contributed by atoms with Crippen molar-refractivity contribution in [3.63, 3.8) is 0 Å². The van der Waals surface area contributed by atoms with Gasteiger partial charge in [-0.05, 0) is 51.4 Å². The van der Waals surface area contributed by atoms with Crippen LogP contribution in [0.15, 0.2) is 24.5 Å². The number of benzene rings is 1. The van der Waals surface area contributed by atoms with Crippen molar-refractivity contribution in [3.8, 4) is 11.3 Å². The molecule has 2 aliphatic rings. The molecule has 0 unspecified atom stereocenters. The van der Waals surface area contributed by atoms with Crippen LogP contribution >= 0.6 is 22.9 Å². The molecule has 0 radical (unpaired) electrons. The molecule has 4 heterocycles. The van der Waals surface area contributed by atoms with Crippen molar-refractivity contribution in [1.82, 2.24) is 24.8 Å². The Kier molecular flexibility index (Phi) is 9.61. The maximum atomic E-state index is 15.8. The normalized spacial score (nSPS) is 21.0. The number of likely N-dealkylation sites (tertiary alicyclic amines) is 1. The minimum Gasteiger partial charge on any atom is -0.481 e. The van der Waals surface area contributed by atoms with E-state index in [1.54, 1.807) is 4.90 Å². The number of nitrogens with one attached hydrogen (secondary N) is 1. The second-order valence-electron chi connectivity index (χ2n) is 11.2. The predicted octanol–water partition coefficient (Wildman–Crippen LogP) is 5.41. The van der Waals surface area contributed by atoms with Gasteiger partial charge >= 0.3 is 12.1 Å². The van der Waals surface area contributed by atoms with Crippen LogP contribution in [-0.4, -0.2) is 80.8 Å². The molecule has 10 nitrogen and oxygen atoms in total. The summed E-state index contributed by atoms with van der Waals surface area (Å²) >= 11 is 7.28. The first kappa shape index (κ1) is 32.3. The topological polar surface area (TPSA) is 124 Å². The zero-order chi connectivity index (χ0) is 31.8. The summed E-state index contributed by atoms with van der Waals surface area (Å²) in [6, 6.07) is 3.48. The van der Waals surface area contributed by atoms with E-state index in [2.05, 4.69) is 25.2 Å². The molecule has 3 aromatic rings. The zero-order valence-corrected chi connectivity index (χ0v) is 25.7. The Balaban J connectivity index is 1.43. The van der Waals surface area contributed by atoms with Crippen LogP contribution in [-0.2, 0) is 17.5 Å². The van der Waals surface area contributed by atoms with E-state index in [9.17, 15) is 18.0 Å². The average Bonchev–Trinajstić information content (AvgIpc) is 3.68. The SMILES string of the molecule is C[C@@H]1CC[C@@H](N)N1Cc1sc(Nc2ncnc(N3CC[C@H](N(C)CCC(=O)O)C3)c2F)nc1-c1cc(Cl)cc(C(F)(F)F)c1. The highest BCUT2D eigenvalue weighted by Gasteiger charge is 2.34. The van der Waals surface area contributed by atoms with E-state index in [1.165, 1.54) is 23.7 Å². The lowest BCUT2D eigenvalue weighted by molar-refractivity contribution is -0.138. The number of carboxylic acids is 1. The molecule has 5 rings (SSSR count). The quantitative estimate of drug-likeness (QED) is 0.244. The van der Waals surface area contributed by atoms with E-state index in [1.807, 2.05) is 18.9 Å². The summed E-state index contributed by atoms with van der Waals surface area (Å²) in [6.07, 6.45) is -1.20. The zero-order valence-electron chi connectivity index (χ0n) is 24.1. The number of aliphatic carboxylic acids is 1. The van der Waals surface area contributed by atoms with Crippen molar-refractivity contribution in [2.45, 2.75) is 63.6 Å². The number of nitrogens with zero attached hydrogens (tertiary/aromatic N) is 6. The van der Waals surface area contributed by atoms with Crippen molar-refractivity contribution in [2.24, 2.45) is 5.73 Å². The van der Waals surface area contributed by atoms with E-state index in [0.29, 0.717) is 43.2 Å². The Labute approximate surface area is 260 Å². The van der Waals surface area contributed by atoms with Gasteiger partial charge in [-0.1, -0.05) is 22.9 Å². The molecular weight excluding hydrogens is 624 g/mol. The first-order valence-electron chi connectivity index (χ1n) is 14.1. The second kappa shape index (κ2) is 13.1. The van der Waals surface area contributed by atoms with Gasteiger partial charge < -0.3 is 26.0 Å². The summed E-state index contributed by atoms with van der Waals surface area (Å²) in [5, 5.41) is 12.0. The fourth-order valence-corrected chi connectivity index (χ4v) is 6.88. The molecule has 1 aromatic carbocycles. The van der Waals surface area contributed by atoms with Crippen molar-refractivity contribution >= 4 is 45.7 Å². The summed E-state index contributed by atoms with van der Waals surface area (Å²) in [7, 11) is 1.84. The van der Waals surface area contributed by atoms with Gasteiger partial charge in [0.15, 0.2) is 16.8 Å². The van der Waals surface area contributed by atoms with Crippen molar-refractivity contribution in [3.05, 3.63) is 45.8 Å². The van der Waals surface area contributed by atoms with E-state index in [4.69, 9.17) is 22.4 Å². The van der Waals surface area contributed by atoms with Crippen LogP contribution in [0.3, 0.4) is 0 Å². The van der Waals surface area contributed by atoms with Crippen molar-refractivity contribution < 1.29 is 27.5 Å². The first-order chi connectivity index (χ1) is 20.8. The molecule has 2 saturated heterocycles. The number of aromatic nitrogens is 3. The molecular formula is C28H33ClF4N8O2S. The smallest absolute Gasteiger partial charge is 0.416 e. The van der Waals surface area contributed by atoms with Crippen LogP contribution in [0.25, 0.3) is 11.3 Å². The van der Waals surface area contributed by atoms with Gasteiger partial charge in [-0.2, -0.15) is 17.6 Å². The largest absolute Gasteiger partial charge is 0.481 e. The van der Waals surface area contributed by atoms with E-state index >= 15 is 4.39 Å². The lowest BCUT2D eigenvalue weighted by Crippen LogP contribution is -2.39. The third kappa shape index (κ3) is 7.23. The Bertz CT molecular complexity index is 1500. The highest BCUT2D eigenvalue weighted by molar-refractivity contribution is 7.16. The summed E-state index contributed by atoms with van der Waals surface area (Å²) in [5.74, 6) is -1.61. The van der Waals surface area contributed by atoms with Gasteiger partial charge in [0.1, 0.15) is 6.33 Å². The number of anilines is 3. The molecule has 16 heteroatoms. The lowest BCUT2D eigenvalue weighted by atomic mass is 10.1. The molecule has 0 saturated carbocycles. The Morgan fingerprint density at radius 3 is 2.70 bits per heavy atom. The van der Waals surface area contributed by atoms with Gasteiger partial charge in [-0.3, -0.25) is 9.69 Å². The molecule has 0 amide bonds. The van der Waals surface area contributed by atoms with E-state index < -0.39 is 23.5 Å². The number of halogens is 5. The Morgan fingerprint density at radius 2 is 2.02 bits per heavy atom. The molecule has 0 aliphatic carbocycles. The third-order valence-electron chi connectivity index (χ3n) is 8.16. The van der Waals surface area contributed by atoms with E-state index in [-0.39, 0.29) is 52.0 Å². The summed E-state index contributed by atoms with van der Waals surface area (Å²) in [4.78, 5) is 30.2. The van der Waals surface area contributed by atoms with Gasteiger partial charge in [-0.15, -0.1) is 0 Å². The van der Waals surface area contributed by atoms with E-state index in [0.717, 1.165) is 25.0 Å². The van der Waals surface area contributed by atoms with Gasteiger partial charge in [-0.25, -0.2) is 15.0 Å². The highest BCUT2D eigenvalue weighted by atomic mass is 35.5. The van der Waals surface area contributed by atoms with Crippen LogP contribution < -0.4 is 16.0 Å². The molecule has 0 spiro atoms. The van der Waals surface area contributed by atoms with Crippen LogP contribution in [0, 0.1) is 5.82 Å². The van der Waals surface area contributed by atoms with Gasteiger partial charge in [0, 0.05) is 53.7 Å². The number of carbonyl (C=O) groups is 1.